The van der Waals surface area contributed by atoms with Gasteiger partial charge in [-0.25, -0.2) is 18.4 Å². The molecule has 1 N–H and O–H groups in total. The average molecular weight is 599 g/mol. The van der Waals surface area contributed by atoms with Crippen molar-refractivity contribution in [3.63, 3.8) is 0 Å². The van der Waals surface area contributed by atoms with Crippen LogP contribution >= 0.6 is 0 Å². The van der Waals surface area contributed by atoms with E-state index in [2.05, 4.69) is 33.2 Å². The standard InChI is InChI=1S/C34H44F2O5Si/c1-8-9-16-42(6,7)27-12-10-23(11-13-27)28-14-15-29(31(36)30(28)35)24-17-25(19-40-33(38)21(2)3)32(37)26(18-24)20-41-34(39)22(4)5/h14-15,17-18,23,27,37H,2,4,8-13,16,19-20H2,1,3,5-7H3. The summed E-state index contributed by atoms with van der Waals surface area (Å²) >= 11 is 0. The Morgan fingerprint density at radius 3 is 1.93 bits per heavy atom. The molecule has 1 saturated carbocycles. The van der Waals surface area contributed by atoms with Crippen LogP contribution < -0.4 is 0 Å². The van der Waals surface area contributed by atoms with Gasteiger partial charge in [-0.3, -0.25) is 0 Å². The molecule has 5 nitrogen and oxygen atoms in total. The van der Waals surface area contributed by atoms with E-state index in [0.29, 0.717) is 11.1 Å². The Labute approximate surface area is 249 Å². The van der Waals surface area contributed by atoms with Crippen LogP contribution in [0.3, 0.4) is 0 Å². The predicted molar refractivity (Wildman–Crippen MR) is 165 cm³/mol. The third-order valence-electron chi connectivity index (χ3n) is 8.55. The highest BCUT2D eigenvalue weighted by atomic mass is 28.3. The van der Waals surface area contributed by atoms with E-state index in [-0.39, 0.29) is 58.3 Å². The van der Waals surface area contributed by atoms with Gasteiger partial charge in [0.15, 0.2) is 11.6 Å². The smallest absolute Gasteiger partial charge is 0.333 e. The maximum Gasteiger partial charge on any atom is 0.333 e. The first-order chi connectivity index (χ1) is 19.8. The summed E-state index contributed by atoms with van der Waals surface area (Å²) in [4.78, 5) is 24.0. The highest BCUT2D eigenvalue weighted by Crippen LogP contribution is 2.46. The Balaban J connectivity index is 1.90. The van der Waals surface area contributed by atoms with E-state index in [1.165, 1.54) is 44.9 Å². The number of ether oxygens (including phenoxy) is 2. The van der Waals surface area contributed by atoms with Crippen LogP contribution in [0, 0.1) is 11.6 Å². The van der Waals surface area contributed by atoms with Crippen molar-refractivity contribution in [2.75, 3.05) is 0 Å². The molecule has 2 aromatic rings. The van der Waals surface area contributed by atoms with E-state index in [4.69, 9.17) is 9.47 Å². The molecular formula is C34H44F2O5Si. The molecule has 0 spiro atoms. The Kier molecular flexibility index (Phi) is 11.3. The molecule has 0 saturated heterocycles. The van der Waals surface area contributed by atoms with E-state index >= 15 is 8.78 Å². The summed E-state index contributed by atoms with van der Waals surface area (Å²) in [5.41, 5.74) is 2.01. The number of unbranched alkanes of at least 4 members (excludes halogenated alkanes) is 1. The molecule has 228 valence electrons. The molecule has 0 atom stereocenters. The second-order valence-corrected chi connectivity index (χ2v) is 17.6. The largest absolute Gasteiger partial charge is 0.507 e. The van der Waals surface area contributed by atoms with Crippen LogP contribution in [0.2, 0.25) is 24.7 Å². The summed E-state index contributed by atoms with van der Waals surface area (Å²) in [6.45, 7) is 16.5. The first-order valence-corrected chi connectivity index (χ1v) is 18.0. The van der Waals surface area contributed by atoms with Crippen molar-refractivity contribution in [3.05, 3.63) is 76.9 Å². The lowest BCUT2D eigenvalue weighted by Gasteiger charge is -2.38. The SMILES string of the molecule is C=C(C)C(=O)OCc1cc(-c2ccc(C3CCC([Si](C)(C)CCCC)CC3)c(F)c2F)cc(COC(=O)C(=C)C)c1O. The van der Waals surface area contributed by atoms with Crippen molar-refractivity contribution in [1.29, 1.82) is 0 Å². The van der Waals surface area contributed by atoms with Crippen LogP contribution in [0.1, 0.15) is 81.9 Å². The fourth-order valence-corrected chi connectivity index (χ4v) is 9.36. The average Bonchev–Trinajstić information content (AvgIpc) is 2.96. The molecule has 0 aromatic heterocycles. The van der Waals surface area contributed by atoms with E-state index in [0.717, 1.165) is 25.7 Å². The minimum atomic E-state index is -1.35. The number of hydrogen-bond acceptors (Lipinski definition) is 5. The Morgan fingerprint density at radius 1 is 0.929 bits per heavy atom. The summed E-state index contributed by atoms with van der Waals surface area (Å²) in [6.07, 6.45) is 6.25. The molecule has 8 heteroatoms. The zero-order valence-electron chi connectivity index (χ0n) is 25.6. The molecule has 0 aliphatic heterocycles. The van der Waals surface area contributed by atoms with Crippen molar-refractivity contribution < 1.29 is 33.0 Å². The van der Waals surface area contributed by atoms with Crippen LogP contribution in [-0.4, -0.2) is 25.1 Å². The fraction of sp³-hybridized carbons (Fsp3) is 0.471. The van der Waals surface area contributed by atoms with Crippen molar-refractivity contribution in [1.82, 2.24) is 0 Å². The minimum Gasteiger partial charge on any atom is -0.507 e. The molecule has 2 aromatic carbocycles. The van der Waals surface area contributed by atoms with Gasteiger partial charge in [-0.15, -0.1) is 0 Å². The maximum absolute atomic E-state index is 15.7. The van der Waals surface area contributed by atoms with E-state index in [1.54, 1.807) is 12.1 Å². The van der Waals surface area contributed by atoms with Gasteiger partial charge < -0.3 is 14.6 Å². The molecule has 0 bridgehead atoms. The van der Waals surface area contributed by atoms with Gasteiger partial charge >= 0.3 is 11.9 Å². The van der Waals surface area contributed by atoms with Crippen molar-refractivity contribution in [2.45, 2.75) is 103 Å². The number of esters is 2. The van der Waals surface area contributed by atoms with E-state index in [9.17, 15) is 14.7 Å². The molecule has 3 rings (SSSR count). The summed E-state index contributed by atoms with van der Waals surface area (Å²) in [6, 6.07) is 7.41. The van der Waals surface area contributed by atoms with Gasteiger partial charge in [0.2, 0.25) is 0 Å². The first kappa shape index (κ1) is 33.2. The summed E-state index contributed by atoms with van der Waals surface area (Å²) in [7, 11) is -1.35. The number of phenols is 1. The number of halogens is 2. The third-order valence-corrected chi connectivity index (χ3v) is 13.0. The van der Waals surface area contributed by atoms with Gasteiger partial charge in [0.05, 0.1) is 8.07 Å². The minimum absolute atomic E-state index is 0.00185. The van der Waals surface area contributed by atoms with Crippen LogP contribution in [0.15, 0.2) is 48.6 Å². The number of rotatable bonds is 12. The van der Waals surface area contributed by atoms with Crippen LogP contribution in [-0.2, 0) is 32.3 Å². The number of phenolic OH excluding ortho intramolecular Hbond substituents is 1. The predicted octanol–water partition coefficient (Wildman–Crippen LogP) is 9.11. The third kappa shape index (κ3) is 7.97. The summed E-state index contributed by atoms with van der Waals surface area (Å²) in [5.74, 6) is -3.48. The molecule has 42 heavy (non-hydrogen) atoms. The van der Waals surface area contributed by atoms with E-state index in [1.807, 2.05) is 0 Å². The molecule has 0 unspecified atom stereocenters. The van der Waals surface area contributed by atoms with Gasteiger partial charge in [-0.05, 0) is 61.4 Å². The molecule has 1 fully saturated rings. The zero-order valence-corrected chi connectivity index (χ0v) is 26.6. The van der Waals surface area contributed by atoms with E-state index < -0.39 is 31.6 Å². The van der Waals surface area contributed by atoms with Gasteiger partial charge in [0.1, 0.15) is 19.0 Å². The molecule has 0 amide bonds. The lowest BCUT2D eigenvalue weighted by molar-refractivity contribution is -0.140. The number of carbonyl (C=O) groups is 2. The number of benzene rings is 2. The number of aromatic hydroxyl groups is 1. The highest BCUT2D eigenvalue weighted by Gasteiger charge is 2.35. The Morgan fingerprint density at radius 2 is 1.45 bits per heavy atom. The monoisotopic (exact) mass is 598 g/mol. The maximum atomic E-state index is 15.7. The normalized spacial score (nSPS) is 17.0. The van der Waals surface area contributed by atoms with Gasteiger partial charge in [-0.2, -0.15) is 0 Å². The van der Waals surface area contributed by atoms with Crippen LogP contribution in [0.5, 0.6) is 5.75 Å². The lowest BCUT2D eigenvalue weighted by atomic mass is 9.82. The van der Waals surface area contributed by atoms with Gasteiger partial charge in [0, 0.05) is 27.8 Å². The van der Waals surface area contributed by atoms with Crippen LogP contribution in [0.4, 0.5) is 8.78 Å². The molecular weight excluding hydrogens is 554 g/mol. The summed E-state index contributed by atoms with van der Waals surface area (Å²) in [5, 5.41) is 10.8. The number of hydrogen-bond donors (Lipinski definition) is 1. The highest BCUT2D eigenvalue weighted by molar-refractivity contribution is 6.78. The molecule has 0 radical (unpaired) electrons. The molecule has 0 heterocycles. The Bertz CT molecular complexity index is 1290. The second kappa shape index (κ2) is 14.3. The number of carbonyl (C=O) groups excluding carboxylic acids is 2. The Hall–Kier alpha value is -3.26. The van der Waals surface area contributed by atoms with Crippen molar-refractivity contribution >= 4 is 20.0 Å². The first-order valence-electron chi connectivity index (χ1n) is 14.7. The molecule has 1 aliphatic carbocycles. The van der Waals surface area contributed by atoms with Gasteiger partial charge in [-0.1, -0.05) is 77.0 Å². The van der Waals surface area contributed by atoms with Crippen LogP contribution in [0.25, 0.3) is 11.1 Å². The summed E-state index contributed by atoms with van der Waals surface area (Å²) < 4.78 is 41.7. The van der Waals surface area contributed by atoms with Crippen molar-refractivity contribution in [3.8, 4) is 16.9 Å². The van der Waals surface area contributed by atoms with Gasteiger partial charge in [0.25, 0.3) is 0 Å². The van der Waals surface area contributed by atoms with Crippen molar-refractivity contribution in [2.24, 2.45) is 0 Å². The second-order valence-electron chi connectivity index (χ2n) is 12.3. The quantitative estimate of drug-likeness (QED) is 0.150. The lowest BCUT2D eigenvalue weighted by Crippen LogP contribution is -2.34. The zero-order chi connectivity index (χ0) is 31.2. The topological polar surface area (TPSA) is 72.8 Å². The molecule has 1 aliphatic rings. The fourth-order valence-electron chi connectivity index (χ4n) is 5.79.